The maximum Gasteiger partial charge on any atom is 0.417 e. The summed E-state index contributed by atoms with van der Waals surface area (Å²) in [6, 6.07) is 2.21. The van der Waals surface area contributed by atoms with E-state index in [1.807, 2.05) is 0 Å². The van der Waals surface area contributed by atoms with Crippen LogP contribution in [0.4, 0.5) is 18.0 Å². The number of halogens is 3. The first-order chi connectivity index (χ1) is 11.9. The molecule has 0 unspecified atom stereocenters. The van der Waals surface area contributed by atoms with Crippen LogP contribution in [0.5, 0.6) is 0 Å². The number of aliphatic carboxylic acids is 1. The minimum absolute atomic E-state index is 0.114. The van der Waals surface area contributed by atoms with E-state index in [4.69, 9.17) is 4.74 Å². The molecule has 2 aromatic rings. The van der Waals surface area contributed by atoms with Gasteiger partial charge < -0.3 is 20.1 Å². The number of aromatic nitrogens is 1. The highest BCUT2D eigenvalue weighted by atomic mass is 19.4. The molecule has 1 amide bonds. The Kier molecular flexibility index (Phi) is 5.20. The Morgan fingerprint density at radius 3 is 2.46 bits per heavy atom. The molecule has 1 heterocycles. The lowest BCUT2D eigenvalue weighted by Crippen LogP contribution is -2.44. The lowest BCUT2D eigenvalue weighted by molar-refractivity contribution is -0.139. The molecule has 0 aliphatic rings. The van der Waals surface area contributed by atoms with Crippen molar-refractivity contribution in [3.63, 3.8) is 0 Å². The second-order valence-electron chi connectivity index (χ2n) is 6.78. The molecular formula is C17H19F3N2O4. The second kappa shape index (κ2) is 6.89. The van der Waals surface area contributed by atoms with Gasteiger partial charge in [-0.05, 0) is 38.5 Å². The number of carbonyl (C=O) groups is 2. The largest absolute Gasteiger partial charge is 0.480 e. The number of hydrogen-bond donors (Lipinski definition) is 3. The smallest absolute Gasteiger partial charge is 0.417 e. The van der Waals surface area contributed by atoms with Crippen LogP contribution in [0.3, 0.4) is 0 Å². The number of rotatable bonds is 4. The maximum atomic E-state index is 13.2. The molecule has 2 rings (SSSR count). The number of ether oxygens (including phenoxy) is 1. The van der Waals surface area contributed by atoms with Crippen LogP contribution in [0.2, 0.25) is 0 Å². The lowest BCUT2D eigenvalue weighted by Gasteiger charge is -2.22. The summed E-state index contributed by atoms with van der Waals surface area (Å²) < 4.78 is 44.7. The van der Waals surface area contributed by atoms with Gasteiger partial charge in [0.25, 0.3) is 0 Å². The van der Waals surface area contributed by atoms with Crippen molar-refractivity contribution < 1.29 is 32.6 Å². The summed E-state index contributed by atoms with van der Waals surface area (Å²) in [4.78, 5) is 25.9. The molecule has 9 heteroatoms. The Bertz CT molecular complexity index is 822. The van der Waals surface area contributed by atoms with E-state index in [9.17, 15) is 27.9 Å². The van der Waals surface area contributed by atoms with Gasteiger partial charge >= 0.3 is 18.2 Å². The number of alkyl halides is 3. The first kappa shape index (κ1) is 19.6. The molecule has 6 nitrogen and oxygen atoms in total. The Morgan fingerprint density at radius 2 is 1.92 bits per heavy atom. The topological polar surface area (TPSA) is 91.4 Å². The predicted molar refractivity (Wildman–Crippen MR) is 87.8 cm³/mol. The fourth-order valence-corrected chi connectivity index (χ4v) is 2.52. The van der Waals surface area contributed by atoms with Crippen LogP contribution in [-0.2, 0) is 22.1 Å². The van der Waals surface area contributed by atoms with E-state index in [1.165, 1.54) is 18.3 Å². The highest BCUT2D eigenvalue weighted by Gasteiger charge is 2.34. The van der Waals surface area contributed by atoms with Crippen molar-refractivity contribution in [2.75, 3.05) is 0 Å². The predicted octanol–water partition coefficient (Wildman–Crippen LogP) is 3.71. The number of carbonyl (C=O) groups excluding carboxylic acids is 1. The summed E-state index contributed by atoms with van der Waals surface area (Å²) in [5, 5.41) is 11.4. The molecule has 1 atom stereocenters. The summed E-state index contributed by atoms with van der Waals surface area (Å²) in [5.41, 5.74) is -1.34. The van der Waals surface area contributed by atoms with E-state index < -0.39 is 35.4 Å². The zero-order chi connectivity index (χ0) is 19.7. The minimum Gasteiger partial charge on any atom is -0.480 e. The Balaban J connectivity index is 2.32. The van der Waals surface area contributed by atoms with Gasteiger partial charge in [-0.2, -0.15) is 13.2 Å². The zero-order valence-electron chi connectivity index (χ0n) is 14.4. The van der Waals surface area contributed by atoms with Gasteiger partial charge in [-0.25, -0.2) is 9.59 Å². The van der Waals surface area contributed by atoms with E-state index in [0.717, 1.165) is 6.07 Å². The summed E-state index contributed by atoms with van der Waals surface area (Å²) in [7, 11) is 0. The number of carboxylic acids is 1. The monoisotopic (exact) mass is 372 g/mol. The Hall–Kier alpha value is -2.71. The first-order valence-electron chi connectivity index (χ1n) is 7.77. The third-order valence-electron chi connectivity index (χ3n) is 3.51. The molecule has 0 saturated carbocycles. The molecule has 0 aliphatic heterocycles. The highest BCUT2D eigenvalue weighted by Crippen LogP contribution is 2.36. The summed E-state index contributed by atoms with van der Waals surface area (Å²) >= 11 is 0. The fraction of sp³-hybridized carbons (Fsp3) is 0.412. The van der Waals surface area contributed by atoms with Crippen molar-refractivity contribution in [1.82, 2.24) is 10.3 Å². The van der Waals surface area contributed by atoms with Crippen LogP contribution in [0, 0.1) is 0 Å². The number of nitrogens with one attached hydrogen (secondary N) is 2. The van der Waals surface area contributed by atoms with Crippen molar-refractivity contribution in [2.45, 2.75) is 45.0 Å². The van der Waals surface area contributed by atoms with E-state index in [-0.39, 0.29) is 22.9 Å². The van der Waals surface area contributed by atoms with Crippen molar-refractivity contribution in [3.05, 3.63) is 35.5 Å². The molecule has 142 valence electrons. The van der Waals surface area contributed by atoms with Crippen molar-refractivity contribution in [1.29, 1.82) is 0 Å². The molecule has 1 aromatic heterocycles. The number of aromatic amines is 1. The average Bonchev–Trinajstić information content (AvgIpc) is 2.86. The Labute approximate surface area is 147 Å². The number of fused-ring (bicyclic) bond motifs is 1. The van der Waals surface area contributed by atoms with Gasteiger partial charge in [0.15, 0.2) is 0 Å². The molecule has 0 fully saturated rings. The molecular weight excluding hydrogens is 353 g/mol. The number of benzene rings is 1. The minimum atomic E-state index is -4.59. The normalized spacial score (nSPS) is 13.5. The summed E-state index contributed by atoms with van der Waals surface area (Å²) in [6.07, 6.45) is -4.57. The van der Waals surface area contributed by atoms with Crippen LogP contribution in [0.25, 0.3) is 10.9 Å². The average molecular weight is 372 g/mol. The van der Waals surface area contributed by atoms with Crippen LogP contribution in [0.1, 0.15) is 31.9 Å². The molecule has 0 bridgehead atoms. The van der Waals surface area contributed by atoms with Gasteiger partial charge in [-0.3, -0.25) is 0 Å². The SMILES string of the molecule is CC(C)(C)OC(=O)N[C@@H](Cc1c[nH]c2cccc(C(F)(F)F)c12)C(=O)O. The number of amides is 1. The van der Waals surface area contributed by atoms with Gasteiger partial charge in [0.2, 0.25) is 0 Å². The van der Waals surface area contributed by atoms with Crippen LogP contribution < -0.4 is 5.32 Å². The number of alkyl carbamates (subject to hydrolysis) is 1. The quantitative estimate of drug-likeness (QED) is 0.763. The van der Waals surface area contributed by atoms with Gasteiger partial charge in [0.05, 0.1) is 5.56 Å². The highest BCUT2D eigenvalue weighted by molar-refractivity contribution is 5.88. The third kappa shape index (κ3) is 4.68. The third-order valence-corrected chi connectivity index (χ3v) is 3.51. The van der Waals surface area contributed by atoms with E-state index in [2.05, 4.69) is 10.3 Å². The van der Waals surface area contributed by atoms with E-state index in [1.54, 1.807) is 20.8 Å². The van der Waals surface area contributed by atoms with E-state index >= 15 is 0 Å². The molecule has 26 heavy (non-hydrogen) atoms. The molecule has 0 radical (unpaired) electrons. The van der Waals surface area contributed by atoms with Gasteiger partial charge in [-0.15, -0.1) is 0 Å². The fourth-order valence-electron chi connectivity index (χ4n) is 2.52. The first-order valence-corrected chi connectivity index (χ1v) is 7.77. The maximum absolute atomic E-state index is 13.2. The molecule has 0 spiro atoms. The van der Waals surface area contributed by atoms with Crippen molar-refractivity contribution in [3.8, 4) is 0 Å². The molecule has 0 aliphatic carbocycles. The van der Waals surface area contributed by atoms with Gasteiger partial charge in [-0.1, -0.05) is 6.07 Å². The van der Waals surface area contributed by atoms with Crippen LogP contribution in [-0.4, -0.2) is 33.8 Å². The molecule has 1 aromatic carbocycles. The Morgan fingerprint density at radius 1 is 1.27 bits per heavy atom. The number of hydrogen-bond acceptors (Lipinski definition) is 3. The lowest BCUT2D eigenvalue weighted by atomic mass is 10.0. The zero-order valence-corrected chi connectivity index (χ0v) is 14.4. The summed E-state index contributed by atoms with van der Waals surface area (Å²) in [6.45, 7) is 4.83. The number of carboxylic acid groups (broad SMARTS) is 1. The van der Waals surface area contributed by atoms with Crippen molar-refractivity contribution >= 4 is 23.0 Å². The van der Waals surface area contributed by atoms with Gasteiger partial charge in [0.1, 0.15) is 11.6 Å². The summed E-state index contributed by atoms with van der Waals surface area (Å²) in [5.74, 6) is -1.38. The second-order valence-corrected chi connectivity index (χ2v) is 6.78. The van der Waals surface area contributed by atoms with E-state index in [0.29, 0.717) is 0 Å². The van der Waals surface area contributed by atoms with Crippen molar-refractivity contribution in [2.24, 2.45) is 0 Å². The standard InChI is InChI=1S/C17H19F3N2O4/c1-16(2,3)26-15(25)22-12(14(23)24)7-9-8-21-11-6-4-5-10(13(9)11)17(18,19)20/h4-6,8,12,21H,7H2,1-3H3,(H,22,25)(H,23,24)/t12-/m0/s1. The molecule has 0 saturated heterocycles. The molecule has 3 N–H and O–H groups in total. The van der Waals surface area contributed by atoms with Crippen LogP contribution >= 0.6 is 0 Å². The van der Waals surface area contributed by atoms with Gasteiger partial charge in [0, 0.05) is 23.5 Å². The van der Waals surface area contributed by atoms with Crippen LogP contribution in [0.15, 0.2) is 24.4 Å². The number of H-pyrrole nitrogens is 1.